The van der Waals surface area contributed by atoms with Crippen LogP contribution in [0.15, 0.2) is 84.5 Å². The summed E-state index contributed by atoms with van der Waals surface area (Å²) in [6.07, 6.45) is 3.42. The van der Waals surface area contributed by atoms with Crippen LogP contribution in [0.1, 0.15) is 23.6 Å². The molecular weight excluding hydrogens is 422 g/mol. The molecule has 7 nitrogen and oxygen atoms in total. The normalized spacial score (nSPS) is 11.5. The van der Waals surface area contributed by atoms with Gasteiger partial charge in [-0.1, -0.05) is 54.6 Å². The number of nitrogens with one attached hydrogen (secondary N) is 3. The smallest absolute Gasteiger partial charge is 0.320 e. The van der Waals surface area contributed by atoms with E-state index in [0.717, 1.165) is 10.6 Å². The number of phenols is 1. The number of rotatable bonds is 7. The molecule has 32 heavy (non-hydrogen) atoms. The molecule has 2 amide bonds. The number of para-hydroxylation sites is 1. The van der Waals surface area contributed by atoms with E-state index < -0.39 is 12.1 Å². The van der Waals surface area contributed by atoms with E-state index in [1.54, 1.807) is 54.2 Å². The molecule has 0 saturated carbocycles. The van der Waals surface area contributed by atoms with Gasteiger partial charge < -0.3 is 15.8 Å². The molecule has 0 fully saturated rings. The average Bonchev–Trinajstić information content (AvgIpc) is 3.28. The molecule has 4 aromatic rings. The number of hydrogen-bond acceptors (Lipinski definition) is 6. The molecule has 2 aromatic carbocycles. The Labute approximate surface area is 189 Å². The first-order valence-corrected chi connectivity index (χ1v) is 10.8. The van der Waals surface area contributed by atoms with Crippen molar-refractivity contribution in [2.75, 3.05) is 5.32 Å². The summed E-state index contributed by atoms with van der Waals surface area (Å²) in [7, 11) is 0. The first kappa shape index (κ1) is 21.2. The Kier molecular flexibility index (Phi) is 6.52. The Morgan fingerprint density at radius 1 is 1.06 bits per heavy atom. The highest BCUT2D eigenvalue weighted by atomic mass is 32.1. The molecule has 0 bridgehead atoms. The molecule has 160 valence electrons. The lowest BCUT2D eigenvalue weighted by molar-refractivity contribution is 0.248. The second-order valence-corrected chi connectivity index (χ2v) is 7.90. The van der Waals surface area contributed by atoms with Crippen molar-refractivity contribution in [2.45, 2.75) is 12.5 Å². The Morgan fingerprint density at radius 2 is 1.84 bits per heavy atom. The minimum absolute atomic E-state index is 0.0526. The van der Waals surface area contributed by atoms with Gasteiger partial charge in [-0.05, 0) is 12.1 Å². The van der Waals surface area contributed by atoms with Crippen LogP contribution >= 0.6 is 11.3 Å². The fourth-order valence-corrected chi connectivity index (χ4v) is 4.00. The number of hydrogen-bond donors (Lipinski definition) is 4. The molecular formula is C24H21N5O2S. The molecule has 0 aliphatic carbocycles. The molecule has 2 heterocycles. The van der Waals surface area contributed by atoms with Crippen LogP contribution in [0.4, 0.5) is 10.6 Å². The minimum atomic E-state index is -0.615. The summed E-state index contributed by atoms with van der Waals surface area (Å²) in [5.41, 5.74) is 2.45. The maximum atomic E-state index is 12.7. The van der Waals surface area contributed by atoms with Gasteiger partial charge in [-0.3, -0.25) is 10.3 Å². The van der Waals surface area contributed by atoms with Gasteiger partial charge in [-0.15, -0.1) is 11.3 Å². The van der Waals surface area contributed by atoms with E-state index in [-0.39, 0.29) is 12.2 Å². The van der Waals surface area contributed by atoms with Crippen molar-refractivity contribution in [3.63, 3.8) is 0 Å². The first-order valence-electron chi connectivity index (χ1n) is 9.94. The van der Waals surface area contributed by atoms with Gasteiger partial charge in [-0.25, -0.2) is 9.78 Å². The van der Waals surface area contributed by atoms with Crippen LogP contribution in [0.2, 0.25) is 0 Å². The van der Waals surface area contributed by atoms with Crippen LogP contribution in [0, 0.1) is 5.41 Å². The number of carbonyl (C=O) groups excluding carboxylic acids is 1. The fourth-order valence-electron chi connectivity index (χ4n) is 3.24. The lowest BCUT2D eigenvalue weighted by atomic mass is 9.97. The van der Waals surface area contributed by atoms with E-state index in [0.29, 0.717) is 22.7 Å². The number of nitrogens with zero attached hydrogens (tertiary/aromatic N) is 2. The molecule has 0 saturated heterocycles. The average molecular weight is 444 g/mol. The van der Waals surface area contributed by atoms with Crippen LogP contribution in [0.25, 0.3) is 10.6 Å². The van der Waals surface area contributed by atoms with E-state index in [9.17, 15) is 9.90 Å². The highest BCUT2D eigenvalue weighted by Crippen LogP contribution is 2.28. The third-order valence-electron chi connectivity index (χ3n) is 4.80. The van der Waals surface area contributed by atoms with E-state index in [1.165, 1.54) is 11.3 Å². The van der Waals surface area contributed by atoms with Crippen molar-refractivity contribution in [3.05, 3.63) is 95.6 Å². The summed E-state index contributed by atoms with van der Waals surface area (Å²) < 4.78 is 0. The number of aromatic hydroxyl groups is 1. The van der Waals surface area contributed by atoms with Gasteiger partial charge in [0.2, 0.25) is 0 Å². The molecule has 8 heteroatoms. The second-order valence-electron chi connectivity index (χ2n) is 7.04. The number of benzene rings is 2. The quantitative estimate of drug-likeness (QED) is 0.293. The number of anilines is 1. The lowest BCUT2D eigenvalue weighted by Crippen LogP contribution is -2.34. The summed E-state index contributed by atoms with van der Waals surface area (Å²) in [6, 6.07) is 19.0. The molecule has 0 aliphatic heterocycles. The zero-order chi connectivity index (χ0) is 22.3. The molecule has 1 atom stereocenters. The summed E-state index contributed by atoms with van der Waals surface area (Å²) in [5.74, 6) is 0.488. The third kappa shape index (κ3) is 5.16. The monoisotopic (exact) mass is 443 g/mol. The molecule has 0 radical (unpaired) electrons. The summed E-state index contributed by atoms with van der Waals surface area (Å²) >= 11 is 1.44. The van der Waals surface area contributed by atoms with E-state index in [4.69, 9.17) is 5.41 Å². The number of pyridine rings is 1. The van der Waals surface area contributed by atoms with Crippen molar-refractivity contribution in [3.8, 4) is 16.3 Å². The van der Waals surface area contributed by atoms with E-state index >= 15 is 0 Å². The summed E-state index contributed by atoms with van der Waals surface area (Å²) in [5, 5.41) is 27.0. The van der Waals surface area contributed by atoms with Crippen LogP contribution in [-0.4, -0.2) is 26.8 Å². The van der Waals surface area contributed by atoms with Gasteiger partial charge in [-0.2, -0.15) is 0 Å². The van der Waals surface area contributed by atoms with Crippen molar-refractivity contribution in [1.29, 1.82) is 5.41 Å². The molecule has 0 aliphatic rings. The van der Waals surface area contributed by atoms with Gasteiger partial charge in [0.1, 0.15) is 16.6 Å². The van der Waals surface area contributed by atoms with Crippen molar-refractivity contribution in [2.24, 2.45) is 0 Å². The summed E-state index contributed by atoms with van der Waals surface area (Å²) in [4.78, 5) is 21.3. The van der Waals surface area contributed by atoms with Crippen molar-refractivity contribution >= 4 is 28.9 Å². The Hall–Kier alpha value is -4.04. The number of carbonyl (C=O) groups is 1. The predicted molar refractivity (Wildman–Crippen MR) is 126 cm³/mol. The molecule has 0 spiro atoms. The third-order valence-corrected chi connectivity index (χ3v) is 5.69. The highest BCUT2D eigenvalue weighted by Gasteiger charge is 2.21. The number of amides is 2. The minimum Gasteiger partial charge on any atom is -0.508 e. The van der Waals surface area contributed by atoms with Gasteiger partial charge in [0.05, 0.1) is 6.04 Å². The first-order chi connectivity index (χ1) is 15.6. The maximum absolute atomic E-state index is 12.7. The molecule has 4 rings (SSSR count). The molecule has 4 N–H and O–H groups in total. The SMILES string of the molecule is N=C(CC(NC(=O)Nc1csc(-c2ccccc2)n1)c1ccccc1O)c1cccnc1. The topological polar surface area (TPSA) is 111 Å². The van der Waals surface area contributed by atoms with Crippen molar-refractivity contribution in [1.82, 2.24) is 15.3 Å². The number of urea groups is 1. The highest BCUT2D eigenvalue weighted by molar-refractivity contribution is 7.13. The zero-order valence-corrected chi connectivity index (χ0v) is 17.8. The van der Waals surface area contributed by atoms with Crippen molar-refractivity contribution < 1.29 is 9.90 Å². The zero-order valence-electron chi connectivity index (χ0n) is 17.0. The van der Waals surface area contributed by atoms with Gasteiger partial charge in [0, 0.05) is 46.6 Å². The number of phenolic OH excluding ortho intramolecular Hbond substituents is 1. The largest absolute Gasteiger partial charge is 0.508 e. The van der Waals surface area contributed by atoms with Gasteiger partial charge in [0.25, 0.3) is 0 Å². The predicted octanol–water partition coefficient (Wildman–Crippen LogP) is 5.23. The fraction of sp³-hybridized carbons (Fsp3) is 0.0833. The lowest BCUT2D eigenvalue weighted by Gasteiger charge is -2.20. The second kappa shape index (κ2) is 9.84. The van der Waals surface area contributed by atoms with Gasteiger partial charge >= 0.3 is 6.03 Å². The summed E-state index contributed by atoms with van der Waals surface area (Å²) in [6.45, 7) is 0. The Morgan fingerprint density at radius 3 is 2.59 bits per heavy atom. The number of thiazole rings is 1. The Bertz CT molecular complexity index is 1210. The van der Waals surface area contributed by atoms with Crippen LogP contribution in [-0.2, 0) is 0 Å². The van der Waals surface area contributed by atoms with Gasteiger partial charge in [0.15, 0.2) is 0 Å². The number of aromatic nitrogens is 2. The van der Waals surface area contributed by atoms with Crippen LogP contribution in [0.3, 0.4) is 0 Å². The van der Waals surface area contributed by atoms with E-state index in [2.05, 4.69) is 20.6 Å². The molecule has 2 aromatic heterocycles. The maximum Gasteiger partial charge on any atom is 0.320 e. The Balaban J connectivity index is 1.49. The van der Waals surface area contributed by atoms with Crippen LogP contribution in [0.5, 0.6) is 5.75 Å². The molecule has 1 unspecified atom stereocenters. The standard InChI is InChI=1S/C24H21N5O2S/c25-19(17-9-6-12-26-14-17)13-20(18-10-4-5-11-21(18)30)27-24(31)29-22-15-32-23(28-22)16-7-2-1-3-8-16/h1-12,14-15,20,25,30H,13H2,(H2,27,29,31). The van der Waals surface area contributed by atoms with E-state index in [1.807, 2.05) is 30.3 Å². The van der Waals surface area contributed by atoms with Crippen LogP contribution < -0.4 is 10.6 Å².